The molecule has 0 atom stereocenters. The molecule has 2 aromatic rings. The van der Waals surface area contributed by atoms with Crippen LogP contribution in [-0.2, 0) is 0 Å². The van der Waals surface area contributed by atoms with Crippen molar-refractivity contribution in [2.45, 2.75) is 6.92 Å². The second kappa shape index (κ2) is 4.96. The number of hydrogen-bond acceptors (Lipinski definition) is 2. The summed E-state index contributed by atoms with van der Waals surface area (Å²) in [5, 5.41) is 3.66. The quantitative estimate of drug-likeness (QED) is 0.811. The van der Waals surface area contributed by atoms with E-state index in [4.69, 9.17) is 4.74 Å². The van der Waals surface area contributed by atoms with Gasteiger partial charge in [0.25, 0.3) is 5.91 Å². The molecule has 0 saturated carbocycles. The van der Waals surface area contributed by atoms with Crippen molar-refractivity contribution >= 4 is 16.8 Å². The van der Waals surface area contributed by atoms with Crippen LogP contribution in [-0.4, -0.2) is 24.5 Å². The third-order valence-corrected chi connectivity index (χ3v) is 2.83. The first kappa shape index (κ1) is 12.2. The molecule has 1 aromatic carbocycles. The predicted molar refractivity (Wildman–Crippen MR) is 72.1 cm³/mol. The summed E-state index contributed by atoms with van der Waals surface area (Å²) in [6, 6.07) is 5.64. The average Bonchev–Trinajstić information content (AvgIpc) is 2.70. The molecule has 0 radical (unpaired) electrons. The van der Waals surface area contributed by atoms with E-state index in [2.05, 4.69) is 16.9 Å². The molecular weight excluding hydrogens is 228 g/mol. The van der Waals surface area contributed by atoms with E-state index in [1.165, 1.54) is 0 Å². The van der Waals surface area contributed by atoms with Gasteiger partial charge in [-0.05, 0) is 25.1 Å². The fourth-order valence-corrected chi connectivity index (χ4v) is 1.98. The molecule has 0 aliphatic carbocycles. The third-order valence-electron chi connectivity index (χ3n) is 2.83. The molecule has 0 spiro atoms. The zero-order chi connectivity index (χ0) is 13.1. The zero-order valence-electron chi connectivity index (χ0n) is 10.5. The number of aromatic amines is 1. The number of carbonyl (C=O) groups excluding carboxylic acids is 1. The Labute approximate surface area is 106 Å². The Hall–Kier alpha value is -2.23. The van der Waals surface area contributed by atoms with Crippen molar-refractivity contribution in [3.63, 3.8) is 0 Å². The number of aryl methyl sites for hydroxylation is 1. The maximum atomic E-state index is 12.1. The van der Waals surface area contributed by atoms with Gasteiger partial charge in [-0.15, -0.1) is 6.58 Å². The Morgan fingerprint density at radius 2 is 2.33 bits per heavy atom. The number of amides is 1. The fraction of sp³-hybridized carbons (Fsp3) is 0.214. The van der Waals surface area contributed by atoms with Crippen LogP contribution in [0.4, 0.5) is 0 Å². The van der Waals surface area contributed by atoms with E-state index < -0.39 is 0 Å². The summed E-state index contributed by atoms with van der Waals surface area (Å²) in [4.78, 5) is 15.3. The minimum Gasteiger partial charge on any atom is -0.497 e. The van der Waals surface area contributed by atoms with Gasteiger partial charge in [-0.3, -0.25) is 4.79 Å². The van der Waals surface area contributed by atoms with E-state index in [9.17, 15) is 4.79 Å². The molecule has 4 nitrogen and oxygen atoms in total. The molecule has 4 heteroatoms. The molecule has 2 rings (SSSR count). The molecule has 0 bridgehead atoms. The van der Waals surface area contributed by atoms with Gasteiger partial charge in [0.05, 0.1) is 12.7 Å². The monoisotopic (exact) mass is 244 g/mol. The van der Waals surface area contributed by atoms with E-state index in [1.54, 1.807) is 13.2 Å². The van der Waals surface area contributed by atoms with Crippen molar-refractivity contribution in [2.24, 2.45) is 0 Å². The highest BCUT2D eigenvalue weighted by Gasteiger charge is 2.15. The lowest BCUT2D eigenvalue weighted by Crippen LogP contribution is -2.23. The number of aromatic nitrogens is 1. The summed E-state index contributed by atoms with van der Waals surface area (Å²) in [5.74, 6) is 0.631. The Morgan fingerprint density at radius 1 is 1.56 bits per heavy atom. The van der Waals surface area contributed by atoms with Crippen molar-refractivity contribution in [2.75, 3.05) is 13.7 Å². The molecule has 0 aliphatic heterocycles. The van der Waals surface area contributed by atoms with Gasteiger partial charge in [0.2, 0.25) is 0 Å². The van der Waals surface area contributed by atoms with Gasteiger partial charge in [-0.2, -0.15) is 0 Å². The molecule has 0 fully saturated rings. The number of fused-ring (bicyclic) bond motifs is 1. The van der Waals surface area contributed by atoms with Crippen molar-refractivity contribution < 1.29 is 9.53 Å². The molecule has 0 unspecified atom stereocenters. The lowest BCUT2D eigenvalue weighted by molar-refractivity contribution is 0.0959. The lowest BCUT2D eigenvalue weighted by Gasteiger charge is -2.03. The summed E-state index contributed by atoms with van der Waals surface area (Å²) in [7, 11) is 1.61. The lowest BCUT2D eigenvalue weighted by atomic mass is 10.1. The van der Waals surface area contributed by atoms with Crippen LogP contribution in [0, 0.1) is 6.92 Å². The van der Waals surface area contributed by atoms with Crippen LogP contribution in [0.2, 0.25) is 0 Å². The van der Waals surface area contributed by atoms with Gasteiger partial charge < -0.3 is 15.0 Å². The highest BCUT2D eigenvalue weighted by Crippen LogP contribution is 2.26. The molecule has 0 aliphatic rings. The topological polar surface area (TPSA) is 54.1 Å². The highest BCUT2D eigenvalue weighted by atomic mass is 16.5. The fourth-order valence-electron chi connectivity index (χ4n) is 1.98. The first-order valence-electron chi connectivity index (χ1n) is 5.72. The van der Waals surface area contributed by atoms with Gasteiger partial charge in [0, 0.05) is 23.1 Å². The van der Waals surface area contributed by atoms with Gasteiger partial charge in [-0.1, -0.05) is 6.08 Å². The first-order chi connectivity index (χ1) is 8.67. The second-order valence-corrected chi connectivity index (χ2v) is 4.04. The Bertz CT molecular complexity index is 599. The number of nitrogens with one attached hydrogen (secondary N) is 2. The molecular formula is C14H16N2O2. The van der Waals surface area contributed by atoms with Gasteiger partial charge in [0.15, 0.2) is 0 Å². The third kappa shape index (κ3) is 2.09. The minimum atomic E-state index is -0.105. The Balaban J connectivity index is 2.50. The number of methoxy groups -OCH3 is 1. The van der Waals surface area contributed by atoms with Crippen molar-refractivity contribution in [1.29, 1.82) is 0 Å². The standard InChI is InChI=1S/C14H16N2O2/c1-4-7-15-14(17)13-9(2)16-12-6-5-10(18-3)8-11(12)13/h4-6,8,16H,1,7H2,2-3H3,(H,15,17). The normalized spacial score (nSPS) is 10.3. The smallest absolute Gasteiger partial charge is 0.253 e. The van der Waals surface area contributed by atoms with Crippen LogP contribution in [0.3, 0.4) is 0 Å². The van der Waals surface area contributed by atoms with E-state index in [-0.39, 0.29) is 5.91 Å². The number of ether oxygens (including phenoxy) is 1. The van der Waals surface area contributed by atoms with E-state index in [0.29, 0.717) is 12.1 Å². The van der Waals surface area contributed by atoms with Gasteiger partial charge in [0.1, 0.15) is 5.75 Å². The van der Waals surface area contributed by atoms with Gasteiger partial charge >= 0.3 is 0 Å². The van der Waals surface area contributed by atoms with Crippen molar-refractivity contribution in [1.82, 2.24) is 10.3 Å². The summed E-state index contributed by atoms with van der Waals surface area (Å²) < 4.78 is 5.19. The van der Waals surface area contributed by atoms with Crippen LogP contribution < -0.4 is 10.1 Å². The van der Waals surface area contributed by atoms with Crippen LogP contribution >= 0.6 is 0 Å². The summed E-state index contributed by atoms with van der Waals surface area (Å²) in [6.07, 6.45) is 1.66. The van der Waals surface area contributed by atoms with E-state index in [0.717, 1.165) is 22.3 Å². The van der Waals surface area contributed by atoms with Crippen LogP contribution in [0.5, 0.6) is 5.75 Å². The summed E-state index contributed by atoms with van der Waals surface area (Å²) >= 11 is 0. The second-order valence-electron chi connectivity index (χ2n) is 4.04. The molecule has 18 heavy (non-hydrogen) atoms. The Morgan fingerprint density at radius 3 is 3.00 bits per heavy atom. The maximum Gasteiger partial charge on any atom is 0.253 e. The SMILES string of the molecule is C=CCNC(=O)c1c(C)[nH]c2ccc(OC)cc12. The predicted octanol–water partition coefficient (Wildman–Crippen LogP) is 2.40. The largest absolute Gasteiger partial charge is 0.497 e. The van der Waals surface area contributed by atoms with E-state index >= 15 is 0 Å². The first-order valence-corrected chi connectivity index (χ1v) is 5.72. The van der Waals surface area contributed by atoms with Crippen molar-refractivity contribution in [3.8, 4) is 5.75 Å². The number of hydrogen-bond donors (Lipinski definition) is 2. The number of benzene rings is 1. The van der Waals surface area contributed by atoms with Crippen LogP contribution in [0.25, 0.3) is 10.9 Å². The number of H-pyrrole nitrogens is 1. The zero-order valence-corrected chi connectivity index (χ0v) is 10.5. The van der Waals surface area contributed by atoms with Gasteiger partial charge in [-0.25, -0.2) is 0 Å². The van der Waals surface area contributed by atoms with Crippen LogP contribution in [0.1, 0.15) is 16.1 Å². The molecule has 1 amide bonds. The number of carbonyl (C=O) groups is 1. The summed E-state index contributed by atoms with van der Waals surface area (Å²) in [6.45, 7) is 5.92. The highest BCUT2D eigenvalue weighted by molar-refractivity contribution is 6.08. The van der Waals surface area contributed by atoms with Crippen molar-refractivity contribution in [3.05, 3.63) is 42.1 Å². The molecule has 1 heterocycles. The maximum absolute atomic E-state index is 12.1. The molecule has 2 N–H and O–H groups in total. The van der Waals surface area contributed by atoms with E-state index in [1.807, 2.05) is 25.1 Å². The minimum absolute atomic E-state index is 0.105. The molecule has 94 valence electrons. The van der Waals surface area contributed by atoms with Crippen LogP contribution in [0.15, 0.2) is 30.9 Å². The molecule has 0 saturated heterocycles. The number of rotatable bonds is 4. The molecule has 1 aromatic heterocycles. The summed E-state index contributed by atoms with van der Waals surface area (Å²) in [5.41, 5.74) is 2.43. The Kier molecular flexibility index (Phi) is 3.37. The average molecular weight is 244 g/mol.